The second-order valence-corrected chi connectivity index (χ2v) is 4.18. The predicted molar refractivity (Wildman–Crippen MR) is 69.9 cm³/mol. The molecule has 2 aromatic carbocycles. The molecule has 0 atom stereocenters. The van der Waals surface area contributed by atoms with Crippen LogP contribution < -0.4 is 11.1 Å². The van der Waals surface area contributed by atoms with Crippen molar-refractivity contribution in [3.05, 3.63) is 59.2 Å². The Morgan fingerprint density at radius 2 is 1.84 bits per heavy atom. The van der Waals surface area contributed by atoms with Gasteiger partial charge in [0.1, 0.15) is 11.6 Å². The molecule has 98 valence electrons. The van der Waals surface area contributed by atoms with Gasteiger partial charge in [0.05, 0.1) is 11.3 Å². The van der Waals surface area contributed by atoms with Gasteiger partial charge < -0.3 is 11.1 Å². The van der Waals surface area contributed by atoms with Crippen molar-refractivity contribution in [1.29, 1.82) is 0 Å². The van der Waals surface area contributed by atoms with E-state index in [2.05, 4.69) is 5.32 Å². The molecule has 0 radical (unpaired) electrons. The summed E-state index contributed by atoms with van der Waals surface area (Å²) in [5, 5.41) is 2.30. The van der Waals surface area contributed by atoms with E-state index in [1.165, 1.54) is 24.3 Å². The fraction of sp³-hybridized carbons (Fsp3) is 0.0714. The zero-order valence-electron chi connectivity index (χ0n) is 10.2. The Labute approximate surface area is 109 Å². The maximum absolute atomic E-state index is 13.6. The van der Waals surface area contributed by atoms with Crippen LogP contribution in [-0.4, -0.2) is 5.91 Å². The van der Waals surface area contributed by atoms with Crippen molar-refractivity contribution in [3.63, 3.8) is 0 Å². The molecule has 2 rings (SSSR count). The molecule has 5 heteroatoms. The number of rotatable bonds is 2. The van der Waals surface area contributed by atoms with Crippen molar-refractivity contribution in [2.24, 2.45) is 0 Å². The lowest BCUT2D eigenvalue weighted by atomic mass is 10.1. The number of aryl methyl sites for hydroxylation is 1. The lowest BCUT2D eigenvalue weighted by Gasteiger charge is -2.08. The van der Waals surface area contributed by atoms with Crippen molar-refractivity contribution in [2.45, 2.75) is 6.92 Å². The normalized spacial score (nSPS) is 10.3. The first-order valence-electron chi connectivity index (χ1n) is 5.60. The Morgan fingerprint density at radius 1 is 1.11 bits per heavy atom. The number of carbonyl (C=O) groups excluding carboxylic acids is 1. The number of hydrogen-bond acceptors (Lipinski definition) is 2. The largest absolute Gasteiger partial charge is 0.399 e. The highest BCUT2D eigenvalue weighted by molar-refractivity contribution is 6.04. The number of hydrogen-bond donors (Lipinski definition) is 2. The number of halogens is 2. The molecular weight excluding hydrogens is 250 g/mol. The third kappa shape index (κ3) is 2.88. The van der Waals surface area contributed by atoms with Gasteiger partial charge in [-0.2, -0.15) is 0 Å². The summed E-state index contributed by atoms with van der Waals surface area (Å²) in [7, 11) is 0. The lowest BCUT2D eigenvalue weighted by molar-refractivity contribution is 0.102. The van der Waals surface area contributed by atoms with Crippen LogP contribution in [-0.2, 0) is 0 Å². The number of nitrogen functional groups attached to an aromatic ring is 1. The second-order valence-electron chi connectivity index (χ2n) is 4.18. The molecule has 0 aliphatic rings. The predicted octanol–water partition coefficient (Wildman–Crippen LogP) is 3.11. The molecule has 3 N–H and O–H groups in total. The molecule has 19 heavy (non-hydrogen) atoms. The first kappa shape index (κ1) is 13.0. The van der Waals surface area contributed by atoms with Crippen LogP contribution in [0, 0.1) is 18.6 Å². The average molecular weight is 262 g/mol. The molecule has 0 unspecified atom stereocenters. The SMILES string of the molecule is Cc1ccc(C(=O)Nc2ccc(N)cc2F)c(F)c1. The third-order valence-corrected chi connectivity index (χ3v) is 2.61. The topological polar surface area (TPSA) is 55.1 Å². The number of carbonyl (C=O) groups is 1. The van der Waals surface area contributed by atoms with Gasteiger partial charge in [-0.15, -0.1) is 0 Å². The molecule has 0 saturated heterocycles. The third-order valence-electron chi connectivity index (χ3n) is 2.61. The van der Waals surface area contributed by atoms with E-state index in [0.29, 0.717) is 5.56 Å². The van der Waals surface area contributed by atoms with Crippen LogP contribution in [0.3, 0.4) is 0 Å². The van der Waals surface area contributed by atoms with Crippen molar-refractivity contribution in [1.82, 2.24) is 0 Å². The zero-order valence-corrected chi connectivity index (χ0v) is 10.2. The minimum atomic E-state index is -0.707. The summed E-state index contributed by atoms with van der Waals surface area (Å²) in [6.07, 6.45) is 0. The highest BCUT2D eigenvalue weighted by atomic mass is 19.1. The van der Waals surface area contributed by atoms with Gasteiger partial charge in [0.2, 0.25) is 0 Å². The van der Waals surface area contributed by atoms with Crippen LogP contribution in [0.2, 0.25) is 0 Å². The van der Waals surface area contributed by atoms with Crippen molar-refractivity contribution in [3.8, 4) is 0 Å². The Bertz CT molecular complexity index is 641. The number of amides is 1. The summed E-state index contributed by atoms with van der Waals surface area (Å²) < 4.78 is 27.1. The molecular formula is C14H12F2N2O. The molecule has 0 spiro atoms. The van der Waals surface area contributed by atoms with E-state index >= 15 is 0 Å². The van der Waals surface area contributed by atoms with Crippen LogP contribution in [0.25, 0.3) is 0 Å². The number of nitrogens with one attached hydrogen (secondary N) is 1. The smallest absolute Gasteiger partial charge is 0.258 e. The van der Waals surface area contributed by atoms with Crippen molar-refractivity contribution >= 4 is 17.3 Å². The van der Waals surface area contributed by atoms with Gasteiger partial charge >= 0.3 is 0 Å². The van der Waals surface area contributed by atoms with Gasteiger partial charge in [-0.3, -0.25) is 4.79 Å². The maximum Gasteiger partial charge on any atom is 0.258 e. The van der Waals surface area contributed by atoms with Gasteiger partial charge in [0.25, 0.3) is 5.91 Å². The summed E-state index contributed by atoms with van der Waals surface area (Å²) in [6.45, 7) is 1.71. The molecule has 0 aliphatic heterocycles. The molecule has 0 saturated carbocycles. The molecule has 0 bridgehead atoms. The molecule has 0 heterocycles. The Balaban J connectivity index is 2.25. The molecule has 3 nitrogen and oxygen atoms in total. The van der Waals surface area contributed by atoms with Crippen LogP contribution >= 0.6 is 0 Å². The van der Waals surface area contributed by atoms with Crippen LogP contribution in [0.1, 0.15) is 15.9 Å². The first-order chi connectivity index (χ1) is 8.97. The number of nitrogens with two attached hydrogens (primary N) is 1. The summed E-state index contributed by atoms with van der Waals surface area (Å²) in [4.78, 5) is 11.8. The minimum Gasteiger partial charge on any atom is -0.399 e. The van der Waals surface area contributed by atoms with E-state index in [1.54, 1.807) is 13.0 Å². The first-order valence-corrected chi connectivity index (χ1v) is 5.60. The number of benzene rings is 2. The Hall–Kier alpha value is -2.43. The van der Waals surface area contributed by atoms with Gasteiger partial charge in [0.15, 0.2) is 0 Å². The second kappa shape index (κ2) is 5.06. The van der Waals surface area contributed by atoms with Gasteiger partial charge in [-0.25, -0.2) is 8.78 Å². The van der Waals surface area contributed by atoms with E-state index < -0.39 is 17.5 Å². The van der Waals surface area contributed by atoms with E-state index in [0.717, 1.165) is 6.07 Å². The summed E-state index contributed by atoms with van der Waals surface area (Å²) in [6, 6.07) is 8.07. The minimum absolute atomic E-state index is 0.0424. The summed E-state index contributed by atoms with van der Waals surface area (Å²) >= 11 is 0. The lowest BCUT2D eigenvalue weighted by Crippen LogP contribution is -2.15. The van der Waals surface area contributed by atoms with Crippen LogP contribution in [0.5, 0.6) is 0 Å². The van der Waals surface area contributed by atoms with Crippen LogP contribution in [0.15, 0.2) is 36.4 Å². The highest BCUT2D eigenvalue weighted by Crippen LogP contribution is 2.18. The molecule has 1 amide bonds. The highest BCUT2D eigenvalue weighted by Gasteiger charge is 2.13. The Morgan fingerprint density at radius 3 is 2.47 bits per heavy atom. The van der Waals surface area contributed by atoms with E-state index in [-0.39, 0.29) is 16.9 Å². The van der Waals surface area contributed by atoms with E-state index in [4.69, 9.17) is 5.73 Å². The number of anilines is 2. The van der Waals surface area contributed by atoms with Gasteiger partial charge in [0, 0.05) is 5.69 Å². The van der Waals surface area contributed by atoms with E-state index in [9.17, 15) is 13.6 Å². The quantitative estimate of drug-likeness (QED) is 0.817. The Kier molecular flexibility index (Phi) is 3.46. The summed E-state index contributed by atoms with van der Waals surface area (Å²) in [5.41, 5.74) is 6.17. The van der Waals surface area contributed by atoms with Gasteiger partial charge in [-0.1, -0.05) is 6.07 Å². The molecule has 0 fully saturated rings. The van der Waals surface area contributed by atoms with Crippen LogP contribution in [0.4, 0.5) is 20.2 Å². The van der Waals surface area contributed by atoms with E-state index in [1.807, 2.05) is 0 Å². The van der Waals surface area contributed by atoms with Crippen molar-refractivity contribution in [2.75, 3.05) is 11.1 Å². The zero-order chi connectivity index (χ0) is 14.0. The molecule has 2 aromatic rings. The monoisotopic (exact) mass is 262 g/mol. The average Bonchev–Trinajstić information content (AvgIpc) is 2.32. The fourth-order valence-electron chi connectivity index (χ4n) is 1.63. The molecule has 0 aliphatic carbocycles. The fourth-order valence-corrected chi connectivity index (χ4v) is 1.63. The van der Waals surface area contributed by atoms with Crippen molar-refractivity contribution < 1.29 is 13.6 Å². The van der Waals surface area contributed by atoms with Gasteiger partial charge in [-0.05, 0) is 42.8 Å². The maximum atomic E-state index is 13.6. The molecule has 0 aromatic heterocycles. The standard InChI is InChI=1S/C14H12F2N2O/c1-8-2-4-10(11(15)6-8)14(19)18-13-5-3-9(17)7-12(13)16/h2-7H,17H2,1H3,(H,18,19). The summed E-state index contributed by atoms with van der Waals surface area (Å²) in [5.74, 6) is -2.02.